The van der Waals surface area contributed by atoms with Gasteiger partial charge in [0.15, 0.2) is 5.78 Å². The van der Waals surface area contributed by atoms with Crippen LogP contribution in [0.15, 0.2) is 30.3 Å². The van der Waals surface area contributed by atoms with Gasteiger partial charge in [0, 0.05) is 12.8 Å². The molecule has 84 valence electrons. The molecule has 0 aliphatic heterocycles. The molecule has 0 radical (unpaired) electrons. The summed E-state index contributed by atoms with van der Waals surface area (Å²) in [7, 11) is 0. The van der Waals surface area contributed by atoms with Gasteiger partial charge in [-0.2, -0.15) is 0 Å². The van der Waals surface area contributed by atoms with Crippen molar-refractivity contribution in [3.8, 4) is 0 Å². The molecule has 1 rings (SSSR count). The Morgan fingerprint density at radius 1 is 1.00 bits per heavy atom. The van der Waals surface area contributed by atoms with E-state index in [9.17, 15) is 14.4 Å². The van der Waals surface area contributed by atoms with Crippen LogP contribution in [0.5, 0.6) is 0 Å². The molecule has 0 aliphatic carbocycles. The maximum absolute atomic E-state index is 11.5. The molecule has 0 saturated carbocycles. The summed E-state index contributed by atoms with van der Waals surface area (Å²) in [6.07, 6.45) is 0.0998. The van der Waals surface area contributed by atoms with Gasteiger partial charge in [-0.25, -0.2) is 0 Å². The quantitative estimate of drug-likeness (QED) is 0.539. The lowest BCUT2D eigenvalue weighted by atomic mass is 10.0. The van der Waals surface area contributed by atoms with E-state index in [1.54, 1.807) is 6.92 Å². The van der Waals surface area contributed by atoms with Gasteiger partial charge in [0.1, 0.15) is 5.78 Å². The van der Waals surface area contributed by atoms with Crippen LogP contribution in [-0.4, -0.2) is 17.3 Å². The first-order chi connectivity index (χ1) is 7.63. The topological polar surface area (TPSA) is 51.2 Å². The van der Waals surface area contributed by atoms with Crippen LogP contribution in [0.2, 0.25) is 0 Å². The van der Waals surface area contributed by atoms with Gasteiger partial charge < -0.3 is 0 Å². The summed E-state index contributed by atoms with van der Waals surface area (Å²) < 4.78 is 0. The van der Waals surface area contributed by atoms with Crippen molar-refractivity contribution in [1.82, 2.24) is 0 Å². The highest BCUT2D eigenvalue weighted by Gasteiger charge is 2.15. The Morgan fingerprint density at radius 2 is 1.62 bits per heavy atom. The first kappa shape index (κ1) is 12.3. The number of carbonyl (C=O) groups excluding carboxylic acids is 3. The van der Waals surface area contributed by atoms with Crippen LogP contribution in [0.4, 0.5) is 0 Å². The average molecular weight is 218 g/mol. The number of carbonyl (C=O) groups is 3. The zero-order valence-electron chi connectivity index (χ0n) is 9.23. The number of rotatable bonds is 6. The molecular weight excluding hydrogens is 204 g/mol. The zero-order chi connectivity index (χ0) is 12.0. The molecule has 1 aromatic rings. The molecule has 0 aromatic heterocycles. The first-order valence-corrected chi connectivity index (χ1v) is 5.25. The maximum Gasteiger partial charge on any atom is 0.205 e. The minimum atomic E-state index is -0.580. The van der Waals surface area contributed by atoms with E-state index in [0.717, 1.165) is 5.56 Å². The molecule has 3 nitrogen and oxygen atoms in total. The second-order valence-corrected chi connectivity index (χ2v) is 3.58. The van der Waals surface area contributed by atoms with Crippen LogP contribution in [0.25, 0.3) is 0 Å². The van der Waals surface area contributed by atoms with Crippen LogP contribution in [0.1, 0.15) is 25.3 Å². The van der Waals surface area contributed by atoms with Crippen molar-refractivity contribution < 1.29 is 14.4 Å². The summed E-state index contributed by atoms with van der Waals surface area (Å²) in [4.78, 5) is 33.7. The molecule has 0 heterocycles. The third-order valence-electron chi connectivity index (χ3n) is 2.23. The summed E-state index contributed by atoms with van der Waals surface area (Å²) >= 11 is 0. The van der Waals surface area contributed by atoms with Crippen molar-refractivity contribution in [2.24, 2.45) is 0 Å². The largest absolute Gasteiger partial charge is 0.299 e. The van der Waals surface area contributed by atoms with Crippen molar-refractivity contribution in [1.29, 1.82) is 0 Å². The number of hydrogen-bond acceptors (Lipinski definition) is 3. The first-order valence-electron chi connectivity index (χ1n) is 5.25. The summed E-state index contributed by atoms with van der Waals surface area (Å²) in [6, 6.07) is 9.18. The van der Waals surface area contributed by atoms with Crippen LogP contribution < -0.4 is 0 Å². The number of benzene rings is 1. The highest BCUT2D eigenvalue weighted by Crippen LogP contribution is 2.02. The molecule has 0 aliphatic rings. The van der Waals surface area contributed by atoms with Gasteiger partial charge in [-0.3, -0.25) is 14.4 Å². The smallest absolute Gasteiger partial charge is 0.205 e. The van der Waals surface area contributed by atoms with E-state index in [0.29, 0.717) is 0 Å². The van der Waals surface area contributed by atoms with Crippen molar-refractivity contribution in [2.45, 2.75) is 26.2 Å². The van der Waals surface area contributed by atoms with E-state index in [1.807, 2.05) is 30.3 Å². The highest BCUT2D eigenvalue weighted by atomic mass is 16.2. The van der Waals surface area contributed by atoms with Crippen molar-refractivity contribution >= 4 is 17.3 Å². The number of hydrogen-bond donors (Lipinski definition) is 0. The molecule has 0 amide bonds. The van der Waals surface area contributed by atoms with Crippen LogP contribution >= 0.6 is 0 Å². The van der Waals surface area contributed by atoms with Gasteiger partial charge in [-0.15, -0.1) is 0 Å². The number of Topliss-reactive ketones (excluding diaryl/α,β-unsaturated/α-hetero) is 3. The molecule has 0 N–H and O–H groups in total. The zero-order valence-corrected chi connectivity index (χ0v) is 9.23. The average Bonchev–Trinajstić information content (AvgIpc) is 2.29. The molecule has 0 unspecified atom stereocenters. The predicted octanol–water partition coefficient (Wildman–Crippen LogP) is 1.74. The Balaban J connectivity index is 2.49. The van der Waals surface area contributed by atoms with Crippen molar-refractivity contribution in [3.05, 3.63) is 35.9 Å². The normalized spacial score (nSPS) is 9.81. The molecule has 0 bridgehead atoms. The lowest BCUT2D eigenvalue weighted by molar-refractivity contribution is -0.138. The van der Waals surface area contributed by atoms with Crippen LogP contribution in [0, 0.1) is 0 Å². The van der Waals surface area contributed by atoms with Crippen LogP contribution in [0.3, 0.4) is 0 Å². The molecule has 16 heavy (non-hydrogen) atoms. The maximum atomic E-state index is 11.5. The van der Waals surface area contributed by atoms with E-state index < -0.39 is 11.6 Å². The van der Waals surface area contributed by atoms with Gasteiger partial charge in [0.25, 0.3) is 0 Å². The molecular formula is C13H14O3. The van der Waals surface area contributed by atoms with E-state index in [4.69, 9.17) is 0 Å². The van der Waals surface area contributed by atoms with Crippen LogP contribution in [-0.2, 0) is 20.8 Å². The fourth-order valence-corrected chi connectivity index (χ4v) is 1.36. The summed E-state index contributed by atoms with van der Waals surface area (Å²) in [6.45, 7) is 1.61. The SMILES string of the molecule is CCC(=O)C(=O)CC(=O)Cc1ccccc1. The van der Waals surface area contributed by atoms with E-state index in [1.165, 1.54) is 0 Å². The van der Waals surface area contributed by atoms with E-state index >= 15 is 0 Å². The Bertz CT molecular complexity index is 393. The molecule has 0 fully saturated rings. The predicted molar refractivity (Wildman–Crippen MR) is 60.1 cm³/mol. The Morgan fingerprint density at radius 3 is 2.19 bits per heavy atom. The van der Waals surface area contributed by atoms with Crippen molar-refractivity contribution in [3.63, 3.8) is 0 Å². The Hall–Kier alpha value is -1.77. The fraction of sp³-hybridized carbons (Fsp3) is 0.308. The monoisotopic (exact) mass is 218 g/mol. The summed E-state index contributed by atoms with van der Waals surface area (Å²) in [5.74, 6) is -1.26. The van der Waals surface area contributed by atoms with Gasteiger partial charge in [-0.1, -0.05) is 37.3 Å². The molecule has 0 saturated heterocycles. The molecule has 3 heteroatoms. The van der Waals surface area contributed by atoms with Gasteiger partial charge in [0.2, 0.25) is 5.78 Å². The lowest BCUT2D eigenvalue weighted by Gasteiger charge is -1.99. The summed E-state index contributed by atoms with van der Waals surface area (Å²) in [5.41, 5.74) is 0.865. The van der Waals surface area contributed by atoms with E-state index in [-0.39, 0.29) is 25.0 Å². The molecule has 0 atom stereocenters. The number of ketones is 3. The molecule has 0 spiro atoms. The molecule has 1 aromatic carbocycles. The van der Waals surface area contributed by atoms with E-state index in [2.05, 4.69) is 0 Å². The minimum absolute atomic E-state index is 0.164. The Kier molecular flexibility index (Phi) is 4.58. The van der Waals surface area contributed by atoms with Gasteiger partial charge >= 0.3 is 0 Å². The second-order valence-electron chi connectivity index (χ2n) is 3.58. The highest BCUT2D eigenvalue weighted by molar-refractivity contribution is 6.40. The lowest BCUT2D eigenvalue weighted by Crippen LogP contribution is -2.18. The van der Waals surface area contributed by atoms with Crippen molar-refractivity contribution in [2.75, 3.05) is 0 Å². The fourth-order valence-electron chi connectivity index (χ4n) is 1.36. The third kappa shape index (κ3) is 3.77. The summed E-state index contributed by atoms with van der Waals surface area (Å²) in [5, 5.41) is 0. The minimum Gasteiger partial charge on any atom is -0.299 e. The van der Waals surface area contributed by atoms with Gasteiger partial charge in [0.05, 0.1) is 6.42 Å². The second kappa shape index (κ2) is 5.95. The third-order valence-corrected chi connectivity index (χ3v) is 2.23. The van der Waals surface area contributed by atoms with Gasteiger partial charge in [-0.05, 0) is 5.56 Å². The Labute approximate surface area is 94.5 Å². The standard InChI is InChI=1S/C13H14O3/c1-2-12(15)13(16)9-11(14)8-10-6-4-3-5-7-10/h3-7H,2,8-9H2,1H3.